The second kappa shape index (κ2) is 7.72. The second-order valence-corrected chi connectivity index (χ2v) is 6.42. The van der Waals surface area contributed by atoms with Crippen molar-refractivity contribution in [1.82, 2.24) is 4.90 Å². The first kappa shape index (κ1) is 17.5. The van der Waals surface area contributed by atoms with Crippen LogP contribution in [0.3, 0.4) is 0 Å². The van der Waals surface area contributed by atoms with Gasteiger partial charge in [-0.3, -0.25) is 4.90 Å². The first-order valence-electron chi connectivity index (χ1n) is 7.98. The number of phenols is 1. The molecule has 7 heteroatoms. The normalized spacial score (nSPS) is 15.8. The minimum atomic E-state index is -0.235. The zero-order chi connectivity index (χ0) is 17.8. The van der Waals surface area contributed by atoms with Crippen LogP contribution in [-0.4, -0.2) is 47.6 Å². The fraction of sp³-hybridized carbons (Fsp3) is 0.278. The van der Waals surface area contributed by atoms with E-state index in [-0.39, 0.29) is 11.6 Å². The summed E-state index contributed by atoms with van der Waals surface area (Å²) in [5.41, 5.74) is 2.08. The van der Waals surface area contributed by atoms with Gasteiger partial charge in [-0.25, -0.2) is 4.39 Å². The highest BCUT2D eigenvalue weighted by atomic mass is 35.5. The molecule has 2 N–H and O–H groups in total. The molecule has 0 amide bonds. The smallest absolute Gasteiger partial charge is 0.129 e. The maximum absolute atomic E-state index is 13.0. The average molecular weight is 364 g/mol. The molecular formula is C18H19ClFN3O2. The Labute approximate surface area is 150 Å². The van der Waals surface area contributed by atoms with E-state index >= 15 is 0 Å². The summed E-state index contributed by atoms with van der Waals surface area (Å²) in [6.45, 7) is 3.81. The summed E-state index contributed by atoms with van der Waals surface area (Å²) in [7, 11) is 0. The third-order valence-corrected chi connectivity index (χ3v) is 4.56. The molecule has 132 valence electrons. The molecule has 25 heavy (non-hydrogen) atoms. The van der Waals surface area contributed by atoms with Crippen molar-refractivity contribution in [1.29, 1.82) is 0 Å². The van der Waals surface area contributed by atoms with Crippen LogP contribution in [0.1, 0.15) is 11.1 Å². The molecule has 0 unspecified atom stereocenters. The minimum absolute atomic E-state index is 0.0724. The van der Waals surface area contributed by atoms with Crippen LogP contribution in [0.5, 0.6) is 5.75 Å². The van der Waals surface area contributed by atoms with Gasteiger partial charge in [0.1, 0.15) is 11.6 Å². The molecule has 1 fully saturated rings. The van der Waals surface area contributed by atoms with Gasteiger partial charge in [0.15, 0.2) is 0 Å². The Hall–Kier alpha value is -2.31. The van der Waals surface area contributed by atoms with Crippen molar-refractivity contribution in [3.05, 3.63) is 58.4 Å². The van der Waals surface area contributed by atoms with Gasteiger partial charge in [-0.05, 0) is 36.4 Å². The first-order valence-corrected chi connectivity index (χ1v) is 8.36. The number of aromatic hydroxyl groups is 1. The van der Waals surface area contributed by atoms with Crippen LogP contribution < -0.4 is 4.90 Å². The number of piperazine rings is 1. The van der Waals surface area contributed by atoms with Crippen molar-refractivity contribution < 1.29 is 14.7 Å². The topological polar surface area (TPSA) is 59.3 Å². The molecule has 0 aliphatic carbocycles. The fourth-order valence-corrected chi connectivity index (χ4v) is 3.27. The number of phenolic OH excluding ortho intramolecular Hbond substituents is 1. The number of oxime groups is 1. The third-order valence-electron chi connectivity index (χ3n) is 4.34. The number of hydrogen-bond donors (Lipinski definition) is 2. The molecule has 1 aliphatic heterocycles. The van der Waals surface area contributed by atoms with E-state index in [1.165, 1.54) is 12.1 Å². The summed E-state index contributed by atoms with van der Waals surface area (Å²) < 4.78 is 13.0. The van der Waals surface area contributed by atoms with Crippen LogP contribution in [0.25, 0.3) is 0 Å². The SMILES string of the molecule is O/N=C/c1cc(Cl)cc(CN2CCN(c3ccc(F)cc3)CC2)c1O. The van der Waals surface area contributed by atoms with Crippen molar-refractivity contribution in [2.75, 3.05) is 31.1 Å². The van der Waals surface area contributed by atoms with Gasteiger partial charge >= 0.3 is 0 Å². The molecule has 3 rings (SSSR count). The molecular weight excluding hydrogens is 345 g/mol. The first-order chi connectivity index (χ1) is 12.1. The summed E-state index contributed by atoms with van der Waals surface area (Å²) in [6, 6.07) is 9.78. The maximum Gasteiger partial charge on any atom is 0.129 e. The Balaban J connectivity index is 1.65. The van der Waals surface area contributed by atoms with Crippen LogP contribution in [0.4, 0.5) is 10.1 Å². The molecule has 0 saturated carbocycles. The van der Waals surface area contributed by atoms with Crippen molar-refractivity contribution >= 4 is 23.5 Å². The fourth-order valence-electron chi connectivity index (χ4n) is 3.02. The molecule has 0 bridgehead atoms. The molecule has 0 aromatic heterocycles. The van der Waals surface area contributed by atoms with Gasteiger partial charge in [-0.1, -0.05) is 16.8 Å². The highest BCUT2D eigenvalue weighted by Crippen LogP contribution is 2.28. The lowest BCUT2D eigenvalue weighted by atomic mass is 10.1. The Kier molecular flexibility index (Phi) is 5.40. The summed E-state index contributed by atoms with van der Waals surface area (Å²) >= 11 is 6.08. The minimum Gasteiger partial charge on any atom is -0.507 e. The molecule has 2 aromatic rings. The van der Waals surface area contributed by atoms with E-state index in [2.05, 4.69) is 15.0 Å². The van der Waals surface area contributed by atoms with Gasteiger partial charge in [0.2, 0.25) is 0 Å². The number of benzene rings is 2. The van der Waals surface area contributed by atoms with E-state index < -0.39 is 0 Å². The predicted octanol–water partition coefficient (Wildman–Crippen LogP) is 3.32. The quantitative estimate of drug-likeness (QED) is 0.497. The Morgan fingerprint density at radius 3 is 2.44 bits per heavy atom. The predicted molar refractivity (Wildman–Crippen MR) is 96.4 cm³/mol. The van der Waals surface area contributed by atoms with Gasteiger partial charge in [-0.2, -0.15) is 0 Å². The van der Waals surface area contributed by atoms with E-state index in [1.807, 2.05) is 0 Å². The summed E-state index contributed by atoms with van der Waals surface area (Å²) in [5.74, 6) is -0.163. The Morgan fingerprint density at radius 1 is 1.12 bits per heavy atom. The van der Waals surface area contributed by atoms with Crippen LogP contribution in [0.15, 0.2) is 41.6 Å². The lowest BCUT2D eigenvalue weighted by Gasteiger charge is -2.36. The van der Waals surface area contributed by atoms with Crippen molar-refractivity contribution in [3.8, 4) is 5.75 Å². The standard InChI is InChI=1S/C18H19ClFN3O2/c19-15-9-13(11-21-25)18(24)14(10-15)12-22-5-7-23(8-6-22)17-3-1-16(20)2-4-17/h1-4,9-11,24-25H,5-8,12H2/b21-11+. The maximum atomic E-state index is 13.0. The molecule has 0 radical (unpaired) electrons. The highest BCUT2D eigenvalue weighted by molar-refractivity contribution is 6.31. The molecule has 2 aromatic carbocycles. The molecule has 1 saturated heterocycles. The molecule has 1 aliphatic rings. The van der Waals surface area contributed by atoms with E-state index in [1.54, 1.807) is 24.3 Å². The zero-order valence-electron chi connectivity index (χ0n) is 13.6. The largest absolute Gasteiger partial charge is 0.507 e. The number of rotatable bonds is 4. The Morgan fingerprint density at radius 2 is 1.80 bits per heavy atom. The molecule has 0 spiro atoms. The van der Waals surface area contributed by atoms with E-state index in [0.717, 1.165) is 38.1 Å². The van der Waals surface area contributed by atoms with E-state index in [0.29, 0.717) is 22.7 Å². The highest BCUT2D eigenvalue weighted by Gasteiger charge is 2.19. The van der Waals surface area contributed by atoms with Crippen molar-refractivity contribution in [2.24, 2.45) is 5.16 Å². The van der Waals surface area contributed by atoms with Crippen molar-refractivity contribution in [2.45, 2.75) is 6.54 Å². The molecule has 0 atom stereocenters. The van der Waals surface area contributed by atoms with Gasteiger partial charge in [-0.15, -0.1) is 0 Å². The zero-order valence-corrected chi connectivity index (χ0v) is 14.3. The second-order valence-electron chi connectivity index (χ2n) is 5.99. The molecule has 1 heterocycles. The summed E-state index contributed by atoms with van der Waals surface area (Å²) in [5, 5.41) is 22.4. The number of nitrogens with zero attached hydrogens (tertiary/aromatic N) is 3. The average Bonchev–Trinajstić information content (AvgIpc) is 2.61. The van der Waals surface area contributed by atoms with Gasteiger partial charge in [0, 0.05) is 54.6 Å². The number of anilines is 1. The number of halogens is 2. The van der Waals surface area contributed by atoms with E-state index in [9.17, 15) is 9.50 Å². The van der Waals surface area contributed by atoms with Gasteiger partial charge in [0.05, 0.1) is 6.21 Å². The molecule has 5 nitrogen and oxygen atoms in total. The summed E-state index contributed by atoms with van der Waals surface area (Å²) in [4.78, 5) is 4.42. The van der Waals surface area contributed by atoms with Crippen LogP contribution in [-0.2, 0) is 6.54 Å². The van der Waals surface area contributed by atoms with Crippen LogP contribution in [0, 0.1) is 5.82 Å². The Bertz CT molecular complexity index is 760. The lowest BCUT2D eigenvalue weighted by Crippen LogP contribution is -2.46. The van der Waals surface area contributed by atoms with Crippen LogP contribution >= 0.6 is 11.6 Å². The monoisotopic (exact) mass is 363 g/mol. The number of hydrogen-bond acceptors (Lipinski definition) is 5. The van der Waals surface area contributed by atoms with E-state index in [4.69, 9.17) is 16.8 Å². The van der Waals surface area contributed by atoms with Gasteiger partial charge < -0.3 is 15.2 Å². The third kappa shape index (κ3) is 4.21. The van der Waals surface area contributed by atoms with Crippen LogP contribution in [0.2, 0.25) is 5.02 Å². The lowest BCUT2D eigenvalue weighted by molar-refractivity contribution is 0.246. The summed E-state index contributed by atoms with van der Waals surface area (Å²) in [6.07, 6.45) is 1.16. The van der Waals surface area contributed by atoms with Gasteiger partial charge in [0.25, 0.3) is 0 Å². The van der Waals surface area contributed by atoms with Crippen molar-refractivity contribution in [3.63, 3.8) is 0 Å².